The zero-order chi connectivity index (χ0) is 14.9. The van der Waals surface area contributed by atoms with E-state index in [2.05, 4.69) is 18.9 Å². The van der Waals surface area contributed by atoms with E-state index in [1.807, 2.05) is 18.7 Å². The number of nitrogens with two attached hydrogens (primary N) is 1. The summed E-state index contributed by atoms with van der Waals surface area (Å²) in [5, 5.41) is 5.25. The van der Waals surface area contributed by atoms with Gasteiger partial charge in [-0.2, -0.15) is 5.10 Å². The molecule has 0 spiro atoms. The molecule has 1 saturated carbocycles. The van der Waals surface area contributed by atoms with Gasteiger partial charge in [0, 0.05) is 7.05 Å². The third kappa shape index (κ3) is 3.04. The van der Waals surface area contributed by atoms with E-state index in [9.17, 15) is 0 Å². The predicted octanol–water partition coefficient (Wildman–Crippen LogP) is 3.72. The Bertz CT molecular complexity index is 457. The van der Waals surface area contributed by atoms with Crippen molar-refractivity contribution in [2.24, 2.45) is 30.0 Å². The highest BCUT2D eigenvalue weighted by atomic mass is 35.5. The Hall–Kier alpha value is -0.540. The molecule has 114 valence electrons. The van der Waals surface area contributed by atoms with Crippen molar-refractivity contribution in [3.05, 3.63) is 16.4 Å². The Labute approximate surface area is 127 Å². The summed E-state index contributed by atoms with van der Waals surface area (Å²) in [5.74, 6) is 1.65. The van der Waals surface area contributed by atoms with Gasteiger partial charge < -0.3 is 5.73 Å². The third-order valence-corrected chi connectivity index (χ3v) is 5.76. The van der Waals surface area contributed by atoms with Crippen molar-refractivity contribution in [2.75, 3.05) is 6.54 Å². The Morgan fingerprint density at radius 2 is 2.00 bits per heavy atom. The lowest BCUT2D eigenvalue weighted by atomic mass is 9.66. The molecule has 20 heavy (non-hydrogen) atoms. The Morgan fingerprint density at radius 3 is 2.40 bits per heavy atom. The number of aryl methyl sites for hydroxylation is 2. The average molecular weight is 298 g/mol. The van der Waals surface area contributed by atoms with Crippen molar-refractivity contribution in [1.29, 1.82) is 0 Å². The second kappa shape index (κ2) is 6.07. The predicted molar refractivity (Wildman–Crippen MR) is 84.9 cm³/mol. The van der Waals surface area contributed by atoms with Gasteiger partial charge in [-0.3, -0.25) is 4.68 Å². The Kier molecular flexibility index (Phi) is 4.80. The van der Waals surface area contributed by atoms with E-state index in [1.165, 1.54) is 25.7 Å². The van der Waals surface area contributed by atoms with Gasteiger partial charge in [-0.05, 0) is 62.8 Å². The molecule has 0 aliphatic heterocycles. The van der Waals surface area contributed by atoms with Crippen LogP contribution in [0.4, 0.5) is 0 Å². The van der Waals surface area contributed by atoms with Crippen LogP contribution in [0.3, 0.4) is 0 Å². The van der Waals surface area contributed by atoms with Crippen molar-refractivity contribution >= 4 is 11.6 Å². The maximum Gasteiger partial charge on any atom is 0.0847 e. The molecule has 0 atom stereocenters. The van der Waals surface area contributed by atoms with Crippen LogP contribution in [0.1, 0.15) is 50.9 Å². The van der Waals surface area contributed by atoms with Gasteiger partial charge in [0.05, 0.1) is 16.4 Å². The standard InChI is InChI=1S/C16H28ClN3/c1-11(2)13-5-7-16(10-18,8-6-13)9-14-15(17)12(3)19-20(14)4/h11,13H,5-10,18H2,1-4H3. The normalized spacial score (nSPS) is 27.2. The Morgan fingerprint density at radius 1 is 1.40 bits per heavy atom. The molecule has 0 bridgehead atoms. The topological polar surface area (TPSA) is 43.8 Å². The molecule has 0 amide bonds. The van der Waals surface area contributed by atoms with Crippen molar-refractivity contribution < 1.29 is 0 Å². The van der Waals surface area contributed by atoms with E-state index in [1.54, 1.807) is 0 Å². The summed E-state index contributed by atoms with van der Waals surface area (Å²) >= 11 is 6.41. The summed E-state index contributed by atoms with van der Waals surface area (Å²) in [7, 11) is 1.98. The van der Waals surface area contributed by atoms with Crippen LogP contribution < -0.4 is 5.73 Å². The second-order valence-electron chi connectivity index (χ2n) is 6.93. The van der Waals surface area contributed by atoms with E-state index in [0.29, 0.717) is 0 Å². The summed E-state index contributed by atoms with van der Waals surface area (Å²) in [4.78, 5) is 0. The molecule has 0 saturated heterocycles. The largest absolute Gasteiger partial charge is 0.330 e. The van der Waals surface area contributed by atoms with E-state index < -0.39 is 0 Å². The van der Waals surface area contributed by atoms with Gasteiger partial charge in [-0.15, -0.1) is 0 Å². The molecule has 1 fully saturated rings. The molecule has 1 aliphatic carbocycles. The number of rotatable bonds is 4. The lowest BCUT2D eigenvalue weighted by Gasteiger charge is -2.41. The molecule has 0 radical (unpaired) electrons. The number of hydrogen-bond donors (Lipinski definition) is 1. The fraction of sp³-hybridized carbons (Fsp3) is 0.812. The Balaban J connectivity index is 2.13. The highest BCUT2D eigenvalue weighted by molar-refractivity contribution is 6.31. The maximum absolute atomic E-state index is 6.41. The summed E-state index contributed by atoms with van der Waals surface area (Å²) in [6, 6.07) is 0. The van der Waals surface area contributed by atoms with E-state index in [-0.39, 0.29) is 5.41 Å². The smallest absolute Gasteiger partial charge is 0.0847 e. The zero-order valence-corrected chi connectivity index (χ0v) is 14.0. The number of nitrogens with zero attached hydrogens (tertiary/aromatic N) is 2. The van der Waals surface area contributed by atoms with Crippen LogP contribution in [-0.4, -0.2) is 16.3 Å². The number of aromatic nitrogens is 2. The maximum atomic E-state index is 6.41. The van der Waals surface area contributed by atoms with Gasteiger partial charge in [-0.25, -0.2) is 0 Å². The van der Waals surface area contributed by atoms with Crippen LogP contribution in [0.5, 0.6) is 0 Å². The van der Waals surface area contributed by atoms with Crippen molar-refractivity contribution in [1.82, 2.24) is 9.78 Å². The molecular formula is C16H28ClN3. The highest BCUT2D eigenvalue weighted by Gasteiger charge is 2.36. The van der Waals surface area contributed by atoms with Crippen LogP contribution in [0, 0.1) is 24.2 Å². The number of halogens is 1. The molecule has 4 heteroatoms. The van der Waals surface area contributed by atoms with Crippen LogP contribution >= 0.6 is 11.6 Å². The molecule has 1 heterocycles. The van der Waals surface area contributed by atoms with Gasteiger partial charge in [0.25, 0.3) is 0 Å². The summed E-state index contributed by atoms with van der Waals surface area (Å²) in [6.07, 6.45) is 5.98. The van der Waals surface area contributed by atoms with Crippen LogP contribution in [0.2, 0.25) is 5.02 Å². The third-order valence-electron chi connectivity index (χ3n) is 5.27. The molecule has 3 nitrogen and oxygen atoms in total. The van der Waals surface area contributed by atoms with E-state index in [0.717, 1.165) is 41.2 Å². The van der Waals surface area contributed by atoms with Crippen LogP contribution in [0.15, 0.2) is 0 Å². The van der Waals surface area contributed by atoms with Crippen LogP contribution in [-0.2, 0) is 13.5 Å². The summed E-state index contributed by atoms with van der Waals surface area (Å²) in [6.45, 7) is 7.39. The zero-order valence-electron chi connectivity index (χ0n) is 13.2. The summed E-state index contributed by atoms with van der Waals surface area (Å²) < 4.78 is 1.93. The minimum atomic E-state index is 0.218. The van der Waals surface area contributed by atoms with Crippen molar-refractivity contribution in [3.8, 4) is 0 Å². The SMILES string of the molecule is Cc1nn(C)c(CC2(CN)CCC(C(C)C)CC2)c1Cl. The van der Waals surface area contributed by atoms with Crippen molar-refractivity contribution in [2.45, 2.75) is 52.9 Å². The first kappa shape index (κ1) is 15.8. The molecule has 0 unspecified atom stereocenters. The van der Waals surface area contributed by atoms with Gasteiger partial charge >= 0.3 is 0 Å². The molecular weight excluding hydrogens is 270 g/mol. The van der Waals surface area contributed by atoms with E-state index in [4.69, 9.17) is 17.3 Å². The van der Waals surface area contributed by atoms with Gasteiger partial charge in [-0.1, -0.05) is 25.4 Å². The van der Waals surface area contributed by atoms with Crippen molar-refractivity contribution in [3.63, 3.8) is 0 Å². The molecule has 2 rings (SSSR count). The quantitative estimate of drug-likeness (QED) is 0.920. The van der Waals surface area contributed by atoms with Crippen LogP contribution in [0.25, 0.3) is 0 Å². The molecule has 0 aromatic carbocycles. The molecule has 2 N–H and O–H groups in total. The summed E-state index contributed by atoms with van der Waals surface area (Å²) in [5.41, 5.74) is 8.43. The van der Waals surface area contributed by atoms with Gasteiger partial charge in [0.15, 0.2) is 0 Å². The lowest BCUT2D eigenvalue weighted by molar-refractivity contribution is 0.130. The fourth-order valence-electron chi connectivity index (χ4n) is 3.60. The fourth-order valence-corrected chi connectivity index (χ4v) is 3.83. The minimum absolute atomic E-state index is 0.218. The first-order chi connectivity index (χ1) is 9.38. The van der Waals surface area contributed by atoms with E-state index >= 15 is 0 Å². The monoisotopic (exact) mass is 297 g/mol. The number of hydrogen-bond acceptors (Lipinski definition) is 2. The lowest BCUT2D eigenvalue weighted by Crippen LogP contribution is -2.38. The molecule has 1 aromatic heterocycles. The highest BCUT2D eigenvalue weighted by Crippen LogP contribution is 2.43. The first-order valence-electron chi connectivity index (χ1n) is 7.76. The second-order valence-corrected chi connectivity index (χ2v) is 7.31. The molecule has 1 aliphatic rings. The average Bonchev–Trinajstić information content (AvgIpc) is 2.66. The first-order valence-corrected chi connectivity index (χ1v) is 8.14. The van der Waals surface area contributed by atoms with Gasteiger partial charge in [0.1, 0.15) is 0 Å². The molecule has 1 aromatic rings. The minimum Gasteiger partial charge on any atom is -0.330 e. The van der Waals surface area contributed by atoms with Gasteiger partial charge in [0.2, 0.25) is 0 Å².